The van der Waals surface area contributed by atoms with Gasteiger partial charge in [0.15, 0.2) is 5.96 Å². The lowest BCUT2D eigenvalue weighted by Crippen LogP contribution is -2.44. The summed E-state index contributed by atoms with van der Waals surface area (Å²) >= 11 is 1.79. The molecule has 2 aromatic rings. The third kappa shape index (κ3) is 4.79. The number of thiophene rings is 1. The van der Waals surface area contributed by atoms with Crippen LogP contribution >= 0.6 is 11.3 Å². The van der Waals surface area contributed by atoms with Crippen LogP contribution in [0.5, 0.6) is 0 Å². The van der Waals surface area contributed by atoms with Crippen LogP contribution in [0.1, 0.15) is 31.5 Å². The van der Waals surface area contributed by atoms with Crippen LogP contribution in [0.4, 0.5) is 0 Å². The van der Waals surface area contributed by atoms with E-state index >= 15 is 0 Å². The fourth-order valence-corrected chi connectivity index (χ4v) is 3.16. The van der Waals surface area contributed by atoms with E-state index in [2.05, 4.69) is 68.7 Å². The van der Waals surface area contributed by atoms with Gasteiger partial charge >= 0.3 is 0 Å². The van der Waals surface area contributed by atoms with Crippen molar-refractivity contribution in [3.05, 3.63) is 34.5 Å². The molecule has 0 unspecified atom stereocenters. The predicted octanol–water partition coefficient (Wildman–Crippen LogP) is 2.04. The van der Waals surface area contributed by atoms with Gasteiger partial charge in [-0.05, 0) is 11.4 Å². The van der Waals surface area contributed by atoms with Crippen LogP contribution in [0, 0.1) is 0 Å². The summed E-state index contributed by atoms with van der Waals surface area (Å²) in [6, 6.07) is 4.28. The second-order valence-electron chi connectivity index (χ2n) is 6.01. The molecule has 2 N–H and O–H groups in total. The molecule has 0 aliphatic heterocycles. The number of aromatic nitrogens is 3. The van der Waals surface area contributed by atoms with Crippen LogP contribution in [0.3, 0.4) is 0 Å². The standard InChI is InChI=1S/C16H26N6S/c1-5-14-21-20-12-22(14)9-8-18-15(17-4)19-11-16(2,3)13-7-6-10-23-13/h6-7,10,12H,5,8-9,11H2,1-4H3,(H2,17,18,19). The highest BCUT2D eigenvalue weighted by atomic mass is 32.1. The first-order valence-corrected chi connectivity index (χ1v) is 8.80. The average Bonchev–Trinajstić information content (AvgIpc) is 3.21. The molecule has 0 bridgehead atoms. The summed E-state index contributed by atoms with van der Waals surface area (Å²) < 4.78 is 2.07. The van der Waals surface area contributed by atoms with E-state index in [4.69, 9.17) is 0 Å². The van der Waals surface area contributed by atoms with Crippen molar-refractivity contribution in [2.24, 2.45) is 4.99 Å². The molecule has 126 valence electrons. The van der Waals surface area contributed by atoms with Gasteiger partial charge < -0.3 is 15.2 Å². The Morgan fingerprint density at radius 3 is 2.87 bits per heavy atom. The third-order valence-corrected chi connectivity index (χ3v) is 5.00. The largest absolute Gasteiger partial charge is 0.356 e. The van der Waals surface area contributed by atoms with Crippen molar-refractivity contribution < 1.29 is 0 Å². The summed E-state index contributed by atoms with van der Waals surface area (Å²) in [5, 5.41) is 16.9. The summed E-state index contributed by atoms with van der Waals surface area (Å²) in [7, 11) is 1.80. The Bertz CT molecular complexity index is 614. The molecule has 0 saturated heterocycles. The summed E-state index contributed by atoms with van der Waals surface area (Å²) in [5.74, 6) is 1.83. The van der Waals surface area contributed by atoms with Crippen LogP contribution in [0.2, 0.25) is 0 Å². The lowest BCUT2D eigenvalue weighted by molar-refractivity contribution is 0.517. The van der Waals surface area contributed by atoms with Crippen molar-refractivity contribution in [2.45, 2.75) is 39.2 Å². The SMILES string of the molecule is CCc1nncn1CCNC(=NC)NCC(C)(C)c1cccs1. The van der Waals surface area contributed by atoms with Gasteiger partial charge in [0, 0.05) is 43.4 Å². The van der Waals surface area contributed by atoms with Gasteiger partial charge in [0.1, 0.15) is 12.2 Å². The molecule has 6 nitrogen and oxygen atoms in total. The van der Waals surface area contributed by atoms with E-state index in [1.54, 1.807) is 24.7 Å². The Hall–Kier alpha value is -1.89. The smallest absolute Gasteiger partial charge is 0.191 e. The molecule has 7 heteroatoms. The molecule has 2 heterocycles. The van der Waals surface area contributed by atoms with Crippen LogP contribution in [-0.4, -0.2) is 40.9 Å². The van der Waals surface area contributed by atoms with Crippen molar-refractivity contribution in [2.75, 3.05) is 20.1 Å². The Balaban J connectivity index is 1.80. The van der Waals surface area contributed by atoms with Gasteiger partial charge in [-0.3, -0.25) is 4.99 Å². The van der Waals surface area contributed by atoms with E-state index in [0.717, 1.165) is 37.8 Å². The zero-order valence-electron chi connectivity index (χ0n) is 14.3. The van der Waals surface area contributed by atoms with Gasteiger partial charge in [-0.1, -0.05) is 26.8 Å². The number of guanidine groups is 1. The van der Waals surface area contributed by atoms with Crippen molar-refractivity contribution in [3.8, 4) is 0 Å². The first-order valence-electron chi connectivity index (χ1n) is 7.92. The topological polar surface area (TPSA) is 67.1 Å². The Morgan fingerprint density at radius 2 is 2.22 bits per heavy atom. The highest BCUT2D eigenvalue weighted by Crippen LogP contribution is 2.26. The molecule has 0 aliphatic carbocycles. The summed E-state index contributed by atoms with van der Waals surface area (Å²) in [4.78, 5) is 5.66. The molecule has 0 atom stereocenters. The molecular weight excluding hydrogens is 308 g/mol. The van der Waals surface area contributed by atoms with E-state index in [0.29, 0.717) is 0 Å². The third-order valence-electron chi connectivity index (χ3n) is 3.77. The minimum atomic E-state index is 0.0788. The maximum atomic E-state index is 4.29. The maximum absolute atomic E-state index is 4.29. The van der Waals surface area contributed by atoms with Crippen LogP contribution in [-0.2, 0) is 18.4 Å². The number of hydrogen-bond acceptors (Lipinski definition) is 4. The predicted molar refractivity (Wildman–Crippen MR) is 96.1 cm³/mol. The molecule has 2 aromatic heterocycles. The average molecular weight is 334 g/mol. The lowest BCUT2D eigenvalue weighted by Gasteiger charge is -2.25. The monoisotopic (exact) mass is 334 g/mol. The molecule has 0 radical (unpaired) electrons. The zero-order chi connectivity index (χ0) is 16.7. The number of rotatable bonds is 7. The first-order chi connectivity index (χ1) is 11.1. The number of nitrogens with one attached hydrogen (secondary N) is 2. The highest BCUT2D eigenvalue weighted by molar-refractivity contribution is 7.10. The van der Waals surface area contributed by atoms with E-state index < -0.39 is 0 Å². The second-order valence-corrected chi connectivity index (χ2v) is 6.96. The Labute approximate surface area is 142 Å². The van der Waals surface area contributed by atoms with Crippen molar-refractivity contribution in [1.29, 1.82) is 0 Å². The minimum absolute atomic E-state index is 0.0788. The maximum Gasteiger partial charge on any atom is 0.191 e. The number of nitrogens with zero attached hydrogens (tertiary/aromatic N) is 4. The highest BCUT2D eigenvalue weighted by Gasteiger charge is 2.21. The molecule has 0 fully saturated rings. The molecule has 0 saturated carbocycles. The molecular formula is C16H26N6S. The fraction of sp³-hybridized carbons (Fsp3) is 0.562. The number of hydrogen-bond donors (Lipinski definition) is 2. The van der Waals surface area contributed by atoms with E-state index in [-0.39, 0.29) is 5.41 Å². The molecule has 23 heavy (non-hydrogen) atoms. The van der Waals surface area contributed by atoms with Gasteiger partial charge in [0.2, 0.25) is 0 Å². The molecule has 0 spiro atoms. The van der Waals surface area contributed by atoms with Gasteiger partial charge in [-0.25, -0.2) is 0 Å². The van der Waals surface area contributed by atoms with Crippen molar-refractivity contribution in [3.63, 3.8) is 0 Å². The minimum Gasteiger partial charge on any atom is -0.356 e. The summed E-state index contributed by atoms with van der Waals surface area (Å²) in [6.45, 7) is 9.00. The van der Waals surface area contributed by atoms with Crippen LogP contribution in [0.25, 0.3) is 0 Å². The summed E-state index contributed by atoms with van der Waals surface area (Å²) in [6.07, 6.45) is 2.67. The molecule has 0 amide bonds. The molecule has 0 aromatic carbocycles. The fourth-order valence-electron chi connectivity index (χ4n) is 2.31. The number of aliphatic imine (C=N–C) groups is 1. The van der Waals surface area contributed by atoms with Gasteiger partial charge in [0.05, 0.1) is 0 Å². The first kappa shape index (κ1) is 17.5. The van der Waals surface area contributed by atoms with Crippen molar-refractivity contribution in [1.82, 2.24) is 25.4 Å². The Morgan fingerprint density at radius 1 is 1.39 bits per heavy atom. The van der Waals surface area contributed by atoms with Crippen LogP contribution in [0.15, 0.2) is 28.8 Å². The normalized spacial score (nSPS) is 12.4. The van der Waals surface area contributed by atoms with Crippen molar-refractivity contribution >= 4 is 17.3 Å². The quantitative estimate of drug-likeness (QED) is 0.601. The van der Waals surface area contributed by atoms with Gasteiger partial charge in [-0.15, -0.1) is 21.5 Å². The molecule has 0 aliphatic rings. The van der Waals surface area contributed by atoms with E-state index in [1.807, 2.05) is 0 Å². The Kier molecular flexibility index (Phi) is 6.15. The zero-order valence-corrected chi connectivity index (χ0v) is 15.2. The summed E-state index contributed by atoms with van der Waals surface area (Å²) in [5.41, 5.74) is 0.0788. The van der Waals surface area contributed by atoms with Crippen LogP contribution < -0.4 is 10.6 Å². The van der Waals surface area contributed by atoms with Gasteiger partial charge in [-0.2, -0.15) is 0 Å². The number of aryl methyl sites for hydroxylation is 1. The van der Waals surface area contributed by atoms with E-state index in [9.17, 15) is 0 Å². The second kappa shape index (κ2) is 8.10. The molecule has 2 rings (SSSR count). The van der Waals surface area contributed by atoms with Gasteiger partial charge in [0.25, 0.3) is 0 Å². The lowest BCUT2D eigenvalue weighted by atomic mass is 9.91. The van der Waals surface area contributed by atoms with E-state index in [1.165, 1.54) is 4.88 Å².